The van der Waals surface area contributed by atoms with Gasteiger partial charge in [0.1, 0.15) is 42.7 Å². The molecule has 0 aromatic carbocycles. The Bertz CT molecular complexity index is 1070. The first-order chi connectivity index (χ1) is 19.9. The van der Waals surface area contributed by atoms with Crippen molar-refractivity contribution in [1.29, 1.82) is 0 Å². The Labute approximate surface area is 247 Å². The molecule has 0 radical (unpaired) electrons. The highest BCUT2D eigenvalue weighted by Gasteiger charge is 2.57. The van der Waals surface area contributed by atoms with E-state index in [4.69, 9.17) is 23.4 Å². The van der Waals surface area contributed by atoms with Crippen molar-refractivity contribution in [3.63, 3.8) is 0 Å². The average Bonchev–Trinajstić information content (AvgIpc) is 3.47. The van der Waals surface area contributed by atoms with Crippen molar-refractivity contribution in [2.75, 3.05) is 13.2 Å². The summed E-state index contributed by atoms with van der Waals surface area (Å²) >= 11 is 0. The van der Waals surface area contributed by atoms with E-state index >= 15 is 0 Å². The minimum atomic E-state index is -1.60. The lowest BCUT2D eigenvalue weighted by Crippen LogP contribution is -2.64. The molecule has 0 spiro atoms. The molecule has 12 atom stereocenters. The third-order valence-electron chi connectivity index (χ3n) is 10.5. The Balaban J connectivity index is 1.35. The van der Waals surface area contributed by atoms with Crippen LogP contribution >= 0.6 is 0 Å². The van der Waals surface area contributed by atoms with Gasteiger partial charge in [-0.3, -0.25) is 0 Å². The van der Waals surface area contributed by atoms with Gasteiger partial charge in [0.25, 0.3) is 0 Å². The summed E-state index contributed by atoms with van der Waals surface area (Å²) in [5, 5.41) is 61.9. The summed E-state index contributed by atoms with van der Waals surface area (Å²) < 4.78 is 29.1. The first kappa shape index (κ1) is 32.0. The van der Waals surface area contributed by atoms with E-state index in [0.29, 0.717) is 12.3 Å². The van der Waals surface area contributed by atoms with Crippen molar-refractivity contribution in [2.45, 2.75) is 128 Å². The first-order valence-electron chi connectivity index (χ1n) is 15.2. The smallest absolute Gasteiger partial charge is 0.187 e. The zero-order valence-corrected chi connectivity index (χ0v) is 25.0. The van der Waals surface area contributed by atoms with E-state index in [-0.39, 0.29) is 23.5 Å². The summed E-state index contributed by atoms with van der Waals surface area (Å²) in [7, 11) is 0. The highest BCUT2D eigenvalue weighted by atomic mass is 16.8. The van der Waals surface area contributed by atoms with Gasteiger partial charge in [-0.15, -0.1) is 0 Å². The number of ether oxygens (including phenoxy) is 4. The van der Waals surface area contributed by atoms with Crippen LogP contribution in [-0.4, -0.2) is 105 Å². The largest absolute Gasteiger partial charge is 0.472 e. The van der Waals surface area contributed by atoms with Gasteiger partial charge in [-0.2, -0.15) is 0 Å². The van der Waals surface area contributed by atoms with Crippen LogP contribution in [0.2, 0.25) is 0 Å². The molecule has 2 aliphatic heterocycles. The van der Waals surface area contributed by atoms with E-state index in [2.05, 4.69) is 27.7 Å². The molecule has 6 N–H and O–H groups in total. The van der Waals surface area contributed by atoms with Gasteiger partial charge < -0.3 is 54.0 Å². The lowest BCUT2D eigenvalue weighted by atomic mass is 9.49. The molecule has 2 unspecified atom stereocenters. The molecule has 3 fully saturated rings. The van der Waals surface area contributed by atoms with Crippen LogP contribution in [0.4, 0.5) is 0 Å². The highest BCUT2D eigenvalue weighted by Crippen LogP contribution is 2.61. The summed E-state index contributed by atoms with van der Waals surface area (Å²) in [4.78, 5) is 0. The fourth-order valence-corrected chi connectivity index (χ4v) is 8.05. The molecule has 1 aromatic heterocycles. The normalized spacial score (nSPS) is 44.2. The topological polar surface area (TPSA) is 171 Å². The molecule has 0 amide bonds. The summed E-state index contributed by atoms with van der Waals surface area (Å²) in [6.45, 7) is 8.19. The number of furan rings is 1. The maximum absolute atomic E-state index is 11.0. The minimum Gasteiger partial charge on any atom is -0.472 e. The second-order valence-electron chi connectivity index (χ2n) is 13.4. The third kappa shape index (κ3) is 5.85. The number of hydrogen-bond donors (Lipinski definition) is 6. The lowest BCUT2D eigenvalue weighted by Gasteiger charge is -2.58. The molecule has 1 aromatic rings. The van der Waals surface area contributed by atoms with Crippen molar-refractivity contribution in [3.05, 3.63) is 35.3 Å². The van der Waals surface area contributed by atoms with E-state index in [0.717, 1.165) is 32.1 Å². The maximum atomic E-state index is 11.0. The van der Waals surface area contributed by atoms with Crippen LogP contribution in [0.5, 0.6) is 0 Å². The van der Waals surface area contributed by atoms with Crippen LogP contribution < -0.4 is 0 Å². The minimum absolute atomic E-state index is 0.0148. The van der Waals surface area contributed by atoms with Crippen molar-refractivity contribution in [1.82, 2.24) is 0 Å². The number of rotatable bonds is 8. The monoisotopic (exact) mass is 596 g/mol. The van der Waals surface area contributed by atoms with Crippen LogP contribution in [-0.2, 0) is 25.4 Å². The molecule has 2 aliphatic carbocycles. The van der Waals surface area contributed by atoms with Crippen LogP contribution in [0.25, 0.3) is 0 Å². The number of fused-ring (bicyclic) bond motifs is 1. The van der Waals surface area contributed by atoms with Gasteiger partial charge in [-0.1, -0.05) is 31.9 Å². The lowest BCUT2D eigenvalue weighted by molar-refractivity contribution is -0.368. The highest BCUT2D eigenvalue weighted by molar-refractivity contribution is 5.29. The van der Waals surface area contributed by atoms with Gasteiger partial charge in [0.05, 0.1) is 31.8 Å². The SMILES string of the molecule is CC1=C(CCc2ccoc2)[C@@]2(C)CCC(O[C@@H]3O[C@H](CO)[C@@H](O)[C@H](O)[C@H]3O[C@@H]3OC[C@@H](O)[C@H](O)[C@H]3O)C(C)(C)C2CC1. The van der Waals surface area contributed by atoms with Crippen molar-refractivity contribution < 1.29 is 54.0 Å². The van der Waals surface area contributed by atoms with E-state index in [1.807, 2.05) is 6.07 Å². The maximum Gasteiger partial charge on any atom is 0.187 e. The average molecular weight is 597 g/mol. The number of hydrogen-bond acceptors (Lipinski definition) is 11. The molecule has 1 saturated carbocycles. The predicted molar refractivity (Wildman–Crippen MR) is 149 cm³/mol. The van der Waals surface area contributed by atoms with E-state index < -0.39 is 61.9 Å². The van der Waals surface area contributed by atoms with E-state index in [9.17, 15) is 30.6 Å². The Morgan fingerprint density at radius 1 is 0.929 bits per heavy atom. The Morgan fingerprint density at radius 2 is 1.69 bits per heavy atom. The molecule has 4 aliphatic rings. The predicted octanol–water partition coefficient (Wildman–Crippen LogP) is 1.41. The summed E-state index contributed by atoms with van der Waals surface area (Å²) in [5.41, 5.74) is 3.83. The van der Waals surface area contributed by atoms with Gasteiger partial charge in [-0.25, -0.2) is 0 Å². The second-order valence-corrected chi connectivity index (χ2v) is 13.4. The fraction of sp³-hybridized carbons (Fsp3) is 0.806. The molecule has 5 rings (SSSR count). The Kier molecular flexibility index (Phi) is 9.57. The van der Waals surface area contributed by atoms with Crippen LogP contribution in [0.1, 0.15) is 65.4 Å². The molecule has 11 nitrogen and oxygen atoms in total. The summed E-state index contributed by atoms with van der Waals surface area (Å²) in [5.74, 6) is 0.305. The third-order valence-corrected chi connectivity index (χ3v) is 10.5. The molecular weight excluding hydrogens is 548 g/mol. The van der Waals surface area contributed by atoms with Crippen molar-refractivity contribution in [3.8, 4) is 0 Å². The zero-order chi connectivity index (χ0) is 30.4. The first-order valence-corrected chi connectivity index (χ1v) is 15.2. The molecule has 2 saturated heterocycles. The number of allylic oxidation sites excluding steroid dienone is 2. The standard InChI is InChI=1S/C31H48O11/c1-16-5-8-21-30(2,3)22(9-11-31(21,4)18(16)7-6-17-10-12-38-14-17)41-29-27(25(36)24(35)20(13-32)40-29)42-28-26(37)23(34)19(33)15-39-28/h10,12,14,19-29,32-37H,5-9,11,13,15H2,1-4H3/t19-,20-,21?,22?,23+,24-,25+,26-,27-,28+,29+,31-/m1/s1. The van der Waals surface area contributed by atoms with Crippen LogP contribution in [0.15, 0.2) is 34.2 Å². The molecule has 0 bridgehead atoms. The van der Waals surface area contributed by atoms with Crippen molar-refractivity contribution >= 4 is 0 Å². The van der Waals surface area contributed by atoms with E-state index in [1.54, 1.807) is 12.5 Å². The summed E-state index contributed by atoms with van der Waals surface area (Å²) in [6.07, 6.45) is -3.70. The van der Waals surface area contributed by atoms with Gasteiger partial charge >= 0.3 is 0 Å². The second kappa shape index (κ2) is 12.5. The summed E-state index contributed by atoms with van der Waals surface area (Å²) in [6, 6.07) is 2.01. The zero-order valence-electron chi connectivity index (χ0n) is 25.0. The number of aliphatic hydroxyl groups is 6. The fourth-order valence-electron chi connectivity index (χ4n) is 8.05. The van der Waals surface area contributed by atoms with Gasteiger partial charge in [-0.05, 0) is 73.8 Å². The van der Waals surface area contributed by atoms with Crippen molar-refractivity contribution in [2.24, 2.45) is 16.7 Å². The molecule has 11 heteroatoms. The molecule has 238 valence electrons. The van der Waals surface area contributed by atoms with Gasteiger partial charge in [0.2, 0.25) is 0 Å². The number of aliphatic hydroxyl groups excluding tert-OH is 6. The Morgan fingerprint density at radius 3 is 2.38 bits per heavy atom. The quantitative estimate of drug-likeness (QED) is 0.240. The molecule has 42 heavy (non-hydrogen) atoms. The van der Waals surface area contributed by atoms with E-state index in [1.165, 1.54) is 16.7 Å². The number of aryl methyl sites for hydroxylation is 1. The molecular formula is C31H48O11. The molecule has 3 heterocycles. The van der Waals surface area contributed by atoms with Gasteiger partial charge in [0.15, 0.2) is 12.6 Å². The van der Waals surface area contributed by atoms with Crippen LogP contribution in [0.3, 0.4) is 0 Å². The van der Waals surface area contributed by atoms with Gasteiger partial charge in [0, 0.05) is 0 Å². The Hall–Kier alpha value is -1.38. The van der Waals surface area contributed by atoms with Crippen LogP contribution in [0, 0.1) is 16.7 Å².